The summed E-state index contributed by atoms with van der Waals surface area (Å²) in [6.45, 7) is -0.424. The first-order chi connectivity index (χ1) is 13.9. The zero-order valence-corrected chi connectivity index (χ0v) is 16.5. The van der Waals surface area contributed by atoms with Gasteiger partial charge >= 0.3 is 6.61 Å². The fourth-order valence-corrected chi connectivity index (χ4v) is 3.05. The highest BCUT2D eigenvalue weighted by Gasteiger charge is 2.12. The van der Waals surface area contributed by atoms with Gasteiger partial charge in [-0.2, -0.15) is 13.9 Å². The zero-order chi connectivity index (χ0) is 20.8. The van der Waals surface area contributed by atoms with Crippen molar-refractivity contribution in [3.05, 3.63) is 64.4 Å². The molecule has 0 aliphatic carbocycles. The molecule has 0 spiro atoms. The summed E-state index contributed by atoms with van der Waals surface area (Å²) in [6.07, 6.45) is 0.558. The predicted octanol–water partition coefficient (Wildman–Crippen LogP) is 3.88. The number of carbonyl (C=O) groups excluding carboxylic acids is 1. The summed E-state index contributed by atoms with van der Waals surface area (Å²) in [5.74, 6) is 0.503. The Morgan fingerprint density at radius 3 is 2.72 bits per heavy atom. The van der Waals surface area contributed by atoms with E-state index < -0.39 is 6.61 Å². The fourth-order valence-electron chi connectivity index (χ4n) is 2.85. The maximum absolute atomic E-state index is 12.4. The summed E-state index contributed by atoms with van der Waals surface area (Å²) < 4.78 is 30.7. The summed E-state index contributed by atoms with van der Waals surface area (Å²) in [7, 11) is 0. The molecule has 0 radical (unpaired) electrons. The molecule has 2 aromatic carbocycles. The number of amides is 1. The van der Waals surface area contributed by atoms with E-state index in [2.05, 4.69) is 20.3 Å². The molecule has 1 amide bonds. The van der Waals surface area contributed by atoms with Crippen LogP contribution in [-0.4, -0.2) is 33.8 Å². The van der Waals surface area contributed by atoms with Gasteiger partial charge in [0.2, 0.25) is 5.91 Å². The average molecular weight is 418 g/mol. The van der Waals surface area contributed by atoms with E-state index in [-0.39, 0.29) is 18.2 Å². The summed E-state index contributed by atoms with van der Waals surface area (Å²) in [5.41, 5.74) is 2.85. The minimum Gasteiger partial charge on any atom is -0.435 e. The molecule has 0 fully saturated rings. The summed E-state index contributed by atoms with van der Waals surface area (Å²) >= 11 is 5.25. The van der Waals surface area contributed by atoms with Crippen LogP contribution >= 0.6 is 12.2 Å². The number of hydrogen-bond donors (Lipinski definition) is 2. The van der Waals surface area contributed by atoms with Crippen LogP contribution in [0.5, 0.6) is 5.75 Å². The first-order valence-corrected chi connectivity index (χ1v) is 9.36. The van der Waals surface area contributed by atoms with E-state index in [1.54, 1.807) is 16.7 Å². The minimum atomic E-state index is -2.85. The largest absolute Gasteiger partial charge is 0.435 e. The van der Waals surface area contributed by atoms with Crippen LogP contribution < -0.4 is 10.1 Å². The lowest BCUT2D eigenvalue weighted by molar-refractivity contribution is -0.121. The van der Waals surface area contributed by atoms with Crippen LogP contribution in [0.4, 0.5) is 8.78 Å². The highest BCUT2D eigenvalue weighted by molar-refractivity contribution is 7.71. The fraction of sp³-hybridized carbons (Fsp3) is 0.250. The Labute approximate surface area is 171 Å². The first-order valence-electron chi connectivity index (χ1n) is 8.95. The number of halogens is 2. The number of hydrogen-bond acceptors (Lipinski definition) is 4. The number of aromatic nitrogens is 3. The topological polar surface area (TPSA) is 71.9 Å². The SMILES string of the molecule is Cc1cccc(-c2n[nH]c(=S)n2CC(=O)NCCc2ccc(OC(F)F)cc2)c1. The lowest BCUT2D eigenvalue weighted by atomic mass is 10.1. The van der Waals surface area contributed by atoms with Crippen molar-refractivity contribution in [1.82, 2.24) is 20.1 Å². The molecule has 0 aliphatic rings. The Balaban J connectivity index is 1.56. The molecule has 3 rings (SSSR count). The molecule has 1 aromatic heterocycles. The second kappa shape index (κ2) is 9.42. The number of alkyl halides is 2. The van der Waals surface area contributed by atoms with E-state index in [4.69, 9.17) is 12.2 Å². The van der Waals surface area contributed by atoms with Crippen molar-refractivity contribution in [2.24, 2.45) is 0 Å². The van der Waals surface area contributed by atoms with Gasteiger partial charge in [0, 0.05) is 12.1 Å². The third-order valence-electron chi connectivity index (χ3n) is 4.22. The van der Waals surface area contributed by atoms with Crippen LogP contribution in [0.25, 0.3) is 11.4 Å². The number of nitrogens with one attached hydrogen (secondary N) is 2. The van der Waals surface area contributed by atoms with Crippen LogP contribution in [0.1, 0.15) is 11.1 Å². The zero-order valence-electron chi connectivity index (χ0n) is 15.7. The van der Waals surface area contributed by atoms with Crippen molar-refractivity contribution in [3.8, 4) is 17.1 Å². The standard InChI is InChI=1S/C20H20F2N4O2S/c1-13-3-2-4-15(11-13)18-24-25-20(29)26(18)12-17(27)23-10-9-14-5-7-16(8-6-14)28-19(21)22/h2-8,11,19H,9-10,12H2,1H3,(H,23,27)(H,25,29). The van der Waals surface area contributed by atoms with Crippen LogP contribution in [0.2, 0.25) is 0 Å². The molecule has 0 bridgehead atoms. The predicted molar refractivity (Wildman–Crippen MR) is 107 cm³/mol. The van der Waals surface area contributed by atoms with E-state index in [1.165, 1.54) is 12.1 Å². The summed E-state index contributed by atoms with van der Waals surface area (Å²) in [4.78, 5) is 12.4. The van der Waals surface area contributed by atoms with Gasteiger partial charge in [-0.3, -0.25) is 14.5 Å². The first kappa shape index (κ1) is 20.7. The van der Waals surface area contributed by atoms with Gasteiger partial charge in [0.25, 0.3) is 0 Å². The van der Waals surface area contributed by atoms with Gasteiger partial charge in [0.05, 0.1) is 0 Å². The van der Waals surface area contributed by atoms with E-state index >= 15 is 0 Å². The third-order valence-corrected chi connectivity index (χ3v) is 4.53. The van der Waals surface area contributed by atoms with Gasteiger partial charge in [-0.1, -0.05) is 35.9 Å². The Morgan fingerprint density at radius 2 is 2.03 bits per heavy atom. The van der Waals surface area contributed by atoms with Gasteiger partial charge < -0.3 is 10.1 Å². The quantitative estimate of drug-likeness (QED) is 0.545. The van der Waals surface area contributed by atoms with Gasteiger partial charge in [-0.25, -0.2) is 0 Å². The Bertz CT molecular complexity index is 1030. The van der Waals surface area contributed by atoms with Crippen LogP contribution in [0.3, 0.4) is 0 Å². The second-order valence-corrected chi connectivity index (χ2v) is 6.82. The number of rotatable bonds is 8. The molecule has 0 saturated heterocycles. The molecule has 6 nitrogen and oxygen atoms in total. The number of aromatic amines is 1. The van der Waals surface area contributed by atoms with Gasteiger partial charge in [0.1, 0.15) is 12.3 Å². The molecule has 0 aliphatic heterocycles. The third kappa shape index (κ3) is 5.71. The minimum absolute atomic E-state index is 0.0414. The Kier molecular flexibility index (Phi) is 6.71. The molecule has 152 valence electrons. The van der Waals surface area contributed by atoms with Gasteiger partial charge in [0.15, 0.2) is 10.6 Å². The van der Waals surface area contributed by atoms with E-state index in [0.717, 1.165) is 16.7 Å². The molecule has 3 aromatic rings. The van der Waals surface area contributed by atoms with Crippen molar-refractivity contribution in [3.63, 3.8) is 0 Å². The highest BCUT2D eigenvalue weighted by atomic mass is 32.1. The smallest absolute Gasteiger partial charge is 0.387 e. The molecule has 1 heterocycles. The molecular weight excluding hydrogens is 398 g/mol. The Hall–Kier alpha value is -3.07. The van der Waals surface area contributed by atoms with Gasteiger partial charge in [-0.05, 0) is 49.3 Å². The molecule has 2 N–H and O–H groups in total. The van der Waals surface area contributed by atoms with Crippen molar-refractivity contribution in [1.29, 1.82) is 0 Å². The molecule has 0 saturated carbocycles. The number of aryl methyl sites for hydroxylation is 1. The summed E-state index contributed by atoms with van der Waals surface area (Å²) in [6, 6.07) is 14.1. The van der Waals surface area contributed by atoms with E-state index in [1.807, 2.05) is 31.2 Å². The average Bonchev–Trinajstić information content (AvgIpc) is 3.03. The maximum Gasteiger partial charge on any atom is 0.387 e. The van der Waals surface area contributed by atoms with Crippen molar-refractivity contribution in [2.75, 3.05) is 6.54 Å². The number of carbonyl (C=O) groups is 1. The molecule has 0 atom stereocenters. The van der Waals surface area contributed by atoms with E-state index in [0.29, 0.717) is 23.6 Å². The van der Waals surface area contributed by atoms with Crippen LogP contribution in [0.15, 0.2) is 48.5 Å². The van der Waals surface area contributed by atoms with Crippen LogP contribution in [-0.2, 0) is 17.8 Å². The molecular formula is C20H20F2N4O2S. The van der Waals surface area contributed by atoms with E-state index in [9.17, 15) is 13.6 Å². The normalized spacial score (nSPS) is 10.9. The van der Waals surface area contributed by atoms with Crippen molar-refractivity contribution in [2.45, 2.75) is 26.5 Å². The number of benzene rings is 2. The molecule has 29 heavy (non-hydrogen) atoms. The van der Waals surface area contributed by atoms with Crippen molar-refractivity contribution >= 4 is 18.1 Å². The lowest BCUT2D eigenvalue weighted by Gasteiger charge is -2.09. The highest BCUT2D eigenvalue weighted by Crippen LogP contribution is 2.18. The number of ether oxygens (including phenoxy) is 1. The second-order valence-electron chi connectivity index (χ2n) is 6.43. The number of H-pyrrole nitrogens is 1. The molecule has 0 unspecified atom stereocenters. The Morgan fingerprint density at radius 1 is 1.28 bits per heavy atom. The number of nitrogens with zero attached hydrogens (tertiary/aromatic N) is 2. The molecule has 9 heteroatoms. The van der Waals surface area contributed by atoms with Gasteiger partial charge in [-0.15, -0.1) is 0 Å². The maximum atomic E-state index is 12.4. The summed E-state index contributed by atoms with van der Waals surface area (Å²) in [5, 5.41) is 9.80. The monoisotopic (exact) mass is 418 g/mol. The van der Waals surface area contributed by atoms with Crippen molar-refractivity contribution < 1.29 is 18.3 Å². The van der Waals surface area contributed by atoms with Crippen LogP contribution in [0, 0.1) is 11.7 Å². The lowest BCUT2D eigenvalue weighted by Crippen LogP contribution is -2.29.